The number of carbonyl (C=O) groups excluding carboxylic acids is 3. The van der Waals surface area contributed by atoms with E-state index in [0.717, 1.165) is 0 Å². The molecule has 0 aliphatic heterocycles. The molecule has 0 bridgehead atoms. The van der Waals surface area contributed by atoms with Crippen molar-refractivity contribution in [2.75, 3.05) is 6.61 Å². The van der Waals surface area contributed by atoms with E-state index in [4.69, 9.17) is 9.47 Å². The van der Waals surface area contributed by atoms with Crippen LogP contribution in [0.15, 0.2) is 12.7 Å². The van der Waals surface area contributed by atoms with Crippen LogP contribution < -0.4 is 5.32 Å². The molecule has 0 saturated heterocycles. The normalized spacial score (nSPS) is 33.3. The van der Waals surface area contributed by atoms with Gasteiger partial charge in [-0.2, -0.15) is 0 Å². The van der Waals surface area contributed by atoms with Crippen LogP contribution in [0.1, 0.15) is 47.0 Å². The standard InChI is InChI=1S/C19H29NO6/c1-6-11-10-19(11,17(24)25-7-2)20-15(22)13-8-12(21)9-14(13)16(23)26-18(3,4)5/h6,11-14,21H,1,7-10H2,2-5H3,(H,20,22)/t11?,12-,13+,14+,19?/m0/s1. The maximum Gasteiger partial charge on any atom is 0.332 e. The highest BCUT2D eigenvalue weighted by Crippen LogP contribution is 2.46. The molecule has 0 aromatic carbocycles. The minimum absolute atomic E-state index is 0.160. The molecule has 0 aromatic heterocycles. The Morgan fingerprint density at radius 3 is 2.38 bits per heavy atom. The Hall–Kier alpha value is -1.89. The fraction of sp³-hybridized carbons (Fsp3) is 0.737. The van der Waals surface area contributed by atoms with Gasteiger partial charge in [0.2, 0.25) is 5.91 Å². The predicted octanol–water partition coefficient (Wildman–Crippen LogP) is 1.34. The third-order valence-corrected chi connectivity index (χ3v) is 4.87. The average molecular weight is 367 g/mol. The molecule has 1 amide bonds. The van der Waals surface area contributed by atoms with Crippen molar-refractivity contribution in [1.82, 2.24) is 5.32 Å². The van der Waals surface area contributed by atoms with E-state index in [1.54, 1.807) is 33.8 Å². The second-order valence-corrected chi connectivity index (χ2v) is 8.10. The van der Waals surface area contributed by atoms with E-state index < -0.39 is 46.9 Å². The number of ether oxygens (including phenoxy) is 2. The molecule has 0 radical (unpaired) electrons. The Morgan fingerprint density at radius 2 is 1.88 bits per heavy atom. The van der Waals surface area contributed by atoms with Crippen LogP contribution in [-0.2, 0) is 23.9 Å². The minimum Gasteiger partial charge on any atom is -0.464 e. The van der Waals surface area contributed by atoms with Gasteiger partial charge < -0.3 is 19.9 Å². The van der Waals surface area contributed by atoms with Crippen molar-refractivity contribution in [2.45, 2.75) is 64.2 Å². The lowest BCUT2D eigenvalue weighted by molar-refractivity contribution is -0.163. The third-order valence-electron chi connectivity index (χ3n) is 4.87. The Balaban J connectivity index is 2.12. The van der Waals surface area contributed by atoms with E-state index in [1.165, 1.54) is 0 Å². The number of carbonyl (C=O) groups is 3. The van der Waals surface area contributed by atoms with Crippen LogP contribution in [0.4, 0.5) is 0 Å². The zero-order valence-electron chi connectivity index (χ0n) is 15.9. The smallest absolute Gasteiger partial charge is 0.332 e. The first kappa shape index (κ1) is 20.4. The number of esters is 2. The van der Waals surface area contributed by atoms with Crippen molar-refractivity contribution in [2.24, 2.45) is 17.8 Å². The first-order chi connectivity index (χ1) is 12.0. The average Bonchev–Trinajstić information content (AvgIpc) is 3.09. The molecule has 2 aliphatic carbocycles. The lowest BCUT2D eigenvalue weighted by Gasteiger charge is -2.26. The van der Waals surface area contributed by atoms with Gasteiger partial charge in [0.15, 0.2) is 0 Å². The maximum absolute atomic E-state index is 12.8. The summed E-state index contributed by atoms with van der Waals surface area (Å²) in [5, 5.41) is 12.7. The second-order valence-electron chi connectivity index (χ2n) is 8.10. The number of nitrogens with one attached hydrogen (secondary N) is 1. The Kier molecular flexibility index (Phi) is 5.80. The lowest BCUT2D eigenvalue weighted by atomic mass is 9.94. The first-order valence-corrected chi connectivity index (χ1v) is 9.06. The number of amides is 1. The highest BCUT2D eigenvalue weighted by molar-refractivity contribution is 5.94. The summed E-state index contributed by atoms with van der Waals surface area (Å²) in [4.78, 5) is 37.6. The molecule has 2 fully saturated rings. The zero-order valence-corrected chi connectivity index (χ0v) is 15.9. The van der Waals surface area contributed by atoms with Crippen molar-refractivity contribution in [1.29, 1.82) is 0 Å². The predicted molar refractivity (Wildman–Crippen MR) is 93.9 cm³/mol. The van der Waals surface area contributed by atoms with Crippen LogP contribution in [-0.4, -0.2) is 46.8 Å². The summed E-state index contributed by atoms with van der Waals surface area (Å²) in [6.07, 6.45) is 1.62. The van der Waals surface area contributed by atoms with Crippen molar-refractivity contribution in [3.05, 3.63) is 12.7 Å². The summed E-state index contributed by atoms with van der Waals surface area (Å²) in [6, 6.07) is 0. The molecule has 146 valence electrons. The van der Waals surface area contributed by atoms with E-state index in [1.807, 2.05) is 0 Å². The van der Waals surface area contributed by atoms with Crippen molar-refractivity contribution in [3.63, 3.8) is 0 Å². The van der Waals surface area contributed by atoms with Gasteiger partial charge in [-0.3, -0.25) is 9.59 Å². The highest BCUT2D eigenvalue weighted by Gasteiger charge is 2.62. The molecule has 2 saturated carbocycles. The van der Waals surface area contributed by atoms with Crippen molar-refractivity contribution >= 4 is 17.8 Å². The molecule has 2 unspecified atom stereocenters. The zero-order chi connectivity index (χ0) is 19.7. The molecule has 2 aliphatic rings. The summed E-state index contributed by atoms with van der Waals surface area (Å²) in [5.74, 6) is -3.10. The summed E-state index contributed by atoms with van der Waals surface area (Å²) < 4.78 is 10.5. The topological polar surface area (TPSA) is 102 Å². The molecule has 0 spiro atoms. The minimum atomic E-state index is -1.11. The van der Waals surface area contributed by atoms with Gasteiger partial charge >= 0.3 is 11.9 Å². The summed E-state index contributed by atoms with van der Waals surface area (Å²) in [7, 11) is 0. The molecule has 7 heteroatoms. The fourth-order valence-corrected chi connectivity index (χ4v) is 3.51. The van der Waals surface area contributed by atoms with Gasteiger partial charge in [-0.15, -0.1) is 6.58 Å². The highest BCUT2D eigenvalue weighted by atomic mass is 16.6. The first-order valence-electron chi connectivity index (χ1n) is 9.06. The van der Waals surface area contributed by atoms with Gasteiger partial charge in [-0.1, -0.05) is 6.08 Å². The quantitative estimate of drug-likeness (QED) is 0.543. The van der Waals surface area contributed by atoms with Gasteiger partial charge in [-0.05, 0) is 47.0 Å². The summed E-state index contributed by atoms with van der Waals surface area (Å²) in [5.41, 5.74) is -1.79. The largest absolute Gasteiger partial charge is 0.464 e. The van der Waals surface area contributed by atoms with Crippen LogP contribution in [0.5, 0.6) is 0 Å². The van der Waals surface area contributed by atoms with E-state index in [0.29, 0.717) is 6.42 Å². The van der Waals surface area contributed by atoms with E-state index in [9.17, 15) is 19.5 Å². The van der Waals surface area contributed by atoms with Crippen molar-refractivity contribution < 1.29 is 29.0 Å². The molecule has 7 nitrogen and oxygen atoms in total. The van der Waals surface area contributed by atoms with Crippen LogP contribution in [0.3, 0.4) is 0 Å². The van der Waals surface area contributed by atoms with Gasteiger partial charge in [0.05, 0.1) is 24.5 Å². The van der Waals surface area contributed by atoms with Crippen LogP contribution in [0.2, 0.25) is 0 Å². The summed E-state index contributed by atoms with van der Waals surface area (Å²) in [6.45, 7) is 10.8. The molecule has 26 heavy (non-hydrogen) atoms. The van der Waals surface area contributed by atoms with E-state index >= 15 is 0 Å². The van der Waals surface area contributed by atoms with E-state index in [2.05, 4.69) is 11.9 Å². The summed E-state index contributed by atoms with van der Waals surface area (Å²) >= 11 is 0. The molecular weight excluding hydrogens is 338 g/mol. The molecule has 2 rings (SSSR count). The second kappa shape index (κ2) is 7.39. The number of rotatable bonds is 6. The van der Waals surface area contributed by atoms with Gasteiger partial charge in [0.25, 0.3) is 0 Å². The van der Waals surface area contributed by atoms with Gasteiger partial charge in [-0.25, -0.2) is 4.79 Å². The Labute approximate surface area is 154 Å². The number of aliphatic hydroxyl groups is 1. The molecule has 2 N–H and O–H groups in total. The number of hydrogen-bond acceptors (Lipinski definition) is 6. The maximum atomic E-state index is 12.8. The third kappa shape index (κ3) is 4.26. The van der Waals surface area contributed by atoms with Crippen LogP contribution in [0, 0.1) is 17.8 Å². The lowest BCUT2D eigenvalue weighted by Crippen LogP contribution is -2.49. The molecule has 0 heterocycles. The van der Waals surface area contributed by atoms with Gasteiger partial charge in [0.1, 0.15) is 11.1 Å². The Bertz CT molecular complexity index is 595. The number of hydrogen-bond donors (Lipinski definition) is 2. The SMILES string of the molecule is C=CC1CC1(NC(=O)[C@@H]1C[C@H](O)C[C@H]1C(=O)OC(C)(C)C)C(=O)OCC. The molecular formula is C19H29NO6. The van der Waals surface area contributed by atoms with E-state index in [-0.39, 0.29) is 25.4 Å². The molecule has 0 aromatic rings. The monoisotopic (exact) mass is 367 g/mol. The molecule has 5 atom stereocenters. The van der Waals surface area contributed by atoms with Crippen LogP contribution in [0.25, 0.3) is 0 Å². The Morgan fingerprint density at radius 1 is 1.27 bits per heavy atom. The fourth-order valence-electron chi connectivity index (χ4n) is 3.51. The number of aliphatic hydroxyl groups excluding tert-OH is 1. The van der Waals surface area contributed by atoms with Gasteiger partial charge in [0, 0.05) is 5.92 Å². The van der Waals surface area contributed by atoms with Crippen LogP contribution >= 0.6 is 0 Å². The van der Waals surface area contributed by atoms with Crippen molar-refractivity contribution in [3.8, 4) is 0 Å².